The molecule has 0 atom stereocenters. The topological polar surface area (TPSA) is 97.0 Å². The van der Waals surface area contributed by atoms with Gasteiger partial charge in [0.15, 0.2) is 0 Å². The third-order valence-electron chi connectivity index (χ3n) is 4.28. The van der Waals surface area contributed by atoms with Crippen molar-refractivity contribution in [1.82, 2.24) is 4.90 Å². The molecular weight excluding hydrogens is 418 g/mol. The molecule has 2 aromatic carbocycles. The highest BCUT2D eigenvalue weighted by molar-refractivity contribution is 8.00. The van der Waals surface area contributed by atoms with E-state index in [1.165, 1.54) is 23.8 Å². The van der Waals surface area contributed by atoms with E-state index in [2.05, 4.69) is 10.6 Å². The number of benzene rings is 2. The Morgan fingerprint density at radius 3 is 2.26 bits per heavy atom. The molecule has 2 N–H and O–H groups in total. The number of carbonyl (C=O) groups excluding carboxylic acids is 3. The van der Waals surface area contributed by atoms with Crippen molar-refractivity contribution in [2.24, 2.45) is 0 Å². The van der Waals surface area contributed by atoms with Gasteiger partial charge in [0.2, 0.25) is 17.7 Å². The van der Waals surface area contributed by atoms with Crippen molar-refractivity contribution in [2.45, 2.75) is 6.92 Å². The summed E-state index contributed by atoms with van der Waals surface area (Å²) < 4.78 is 10.3. The van der Waals surface area contributed by atoms with Crippen LogP contribution in [0.25, 0.3) is 0 Å². The molecule has 0 fully saturated rings. The Kier molecular flexibility index (Phi) is 9.70. The van der Waals surface area contributed by atoms with E-state index >= 15 is 0 Å². The van der Waals surface area contributed by atoms with E-state index in [0.717, 1.165) is 0 Å². The van der Waals surface area contributed by atoms with E-state index in [1.807, 2.05) is 0 Å². The van der Waals surface area contributed by atoms with Gasteiger partial charge in [0.05, 0.1) is 38.0 Å². The number of para-hydroxylation sites is 2. The zero-order valence-corrected chi connectivity index (χ0v) is 18.7. The molecule has 0 spiro atoms. The van der Waals surface area contributed by atoms with Crippen molar-refractivity contribution in [3.63, 3.8) is 0 Å². The molecule has 9 heteroatoms. The highest BCUT2D eigenvalue weighted by Gasteiger charge is 2.17. The average molecular weight is 446 g/mol. The van der Waals surface area contributed by atoms with Crippen molar-refractivity contribution in [1.29, 1.82) is 0 Å². The molecule has 166 valence electrons. The van der Waals surface area contributed by atoms with Crippen LogP contribution < -0.4 is 20.1 Å². The van der Waals surface area contributed by atoms with E-state index < -0.39 is 0 Å². The largest absolute Gasteiger partial charge is 0.497 e. The first-order valence-electron chi connectivity index (χ1n) is 9.69. The van der Waals surface area contributed by atoms with Gasteiger partial charge in [0.1, 0.15) is 11.5 Å². The standard InChI is InChI=1S/C22H27N3O5S/c1-4-25(13-20(26)24-18-7-5-6-8-19(18)30-3)22(28)15-31-14-21(27)23-16-9-11-17(29-2)12-10-16/h5-12H,4,13-15H2,1-3H3,(H,23,27)(H,24,26). The molecule has 2 rings (SSSR count). The molecular formula is C22H27N3O5S. The number of thioether (sulfide) groups is 1. The van der Waals surface area contributed by atoms with Crippen LogP contribution in [0.4, 0.5) is 11.4 Å². The van der Waals surface area contributed by atoms with Gasteiger partial charge >= 0.3 is 0 Å². The molecule has 3 amide bonds. The average Bonchev–Trinajstić information content (AvgIpc) is 2.78. The lowest BCUT2D eigenvalue weighted by molar-refractivity contribution is -0.132. The maximum Gasteiger partial charge on any atom is 0.244 e. The number of rotatable bonds is 11. The second-order valence-corrected chi connectivity index (χ2v) is 7.41. The fourth-order valence-electron chi connectivity index (χ4n) is 2.68. The van der Waals surface area contributed by atoms with E-state index in [-0.39, 0.29) is 35.8 Å². The van der Waals surface area contributed by atoms with Crippen LogP contribution in [0.3, 0.4) is 0 Å². The fraction of sp³-hybridized carbons (Fsp3) is 0.318. The maximum atomic E-state index is 12.5. The maximum absolute atomic E-state index is 12.5. The van der Waals surface area contributed by atoms with Crippen LogP contribution in [0.2, 0.25) is 0 Å². The molecule has 0 unspecified atom stereocenters. The molecule has 31 heavy (non-hydrogen) atoms. The summed E-state index contributed by atoms with van der Waals surface area (Å²) in [6.07, 6.45) is 0. The number of anilines is 2. The first kappa shape index (κ1) is 24.1. The van der Waals surface area contributed by atoms with Crippen molar-refractivity contribution in [2.75, 3.05) is 49.4 Å². The Morgan fingerprint density at radius 2 is 1.61 bits per heavy atom. The van der Waals surface area contributed by atoms with E-state index in [4.69, 9.17) is 9.47 Å². The van der Waals surface area contributed by atoms with Crippen LogP contribution in [-0.4, -0.2) is 61.4 Å². The van der Waals surface area contributed by atoms with E-state index in [1.54, 1.807) is 62.6 Å². The molecule has 0 radical (unpaired) electrons. The number of nitrogens with one attached hydrogen (secondary N) is 2. The molecule has 2 aromatic rings. The second-order valence-electron chi connectivity index (χ2n) is 6.43. The Labute approximate surface area is 186 Å². The lowest BCUT2D eigenvalue weighted by Crippen LogP contribution is -2.39. The summed E-state index contributed by atoms with van der Waals surface area (Å²) in [6.45, 7) is 2.11. The minimum atomic E-state index is -0.318. The highest BCUT2D eigenvalue weighted by Crippen LogP contribution is 2.23. The third-order valence-corrected chi connectivity index (χ3v) is 5.20. The minimum absolute atomic E-state index is 0.0774. The van der Waals surface area contributed by atoms with Gasteiger partial charge in [-0.05, 0) is 43.3 Å². The highest BCUT2D eigenvalue weighted by atomic mass is 32.2. The molecule has 0 bridgehead atoms. The van der Waals surface area contributed by atoms with Crippen molar-refractivity contribution in [3.8, 4) is 11.5 Å². The van der Waals surface area contributed by atoms with Crippen molar-refractivity contribution in [3.05, 3.63) is 48.5 Å². The van der Waals surface area contributed by atoms with Crippen LogP contribution in [0.15, 0.2) is 48.5 Å². The van der Waals surface area contributed by atoms with Gasteiger partial charge in [-0.1, -0.05) is 12.1 Å². The first-order chi connectivity index (χ1) is 15.0. The van der Waals surface area contributed by atoms with Crippen LogP contribution in [0.1, 0.15) is 6.92 Å². The van der Waals surface area contributed by atoms with E-state index in [9.17, 15) is 14.4 Å². The van der Waals surface area contributed by atoms with Gasteiger partial charge in [0, 0.05) is 12.2 Å². The van der Waals surface area contributed by atoms with Gasteiger partial charge in [-0.3, -0.25) is 14.4 Å². The molecule has 8 nitrogen and oxygen atoms in total. The minimum Gasteiger partial charge on any atom is -0.497 e. The Bertz CT molecular complexity index is 889. The summed E-state index contributed by atoms with van der Waals surface area (Å²) in [6, 6.07) is 14.0. The molecule has 0 aliphatic heterocycles. The predicted molar refractivity (Wildman–Crippen MR) is 123 cm³/mol. The number of ether oxygens (including phenoxy) is 2. The van der Waals surface area contributed by atoms with Gasteiger partial charge in [-0.25, -0.2) is 0 Å². The summed E-state index contributed by atoms with van der Waals surface area (Å²) in [7, 11) is 3.10. The third kappa shape index (κ3) is 7.86. The van der Waals surface area contributed by atoms with Gasteiger partial charge in [0.25, 0.3) is 0 Å². The number of hydrogen-bond donors (Lipinski definition) is 2. The number of hydrogen-bond acceptors (Lipinski definition) is 6. The summed E-state index contributed by atoms with van der Waals surface area (Å²) in [4.78, 5) is 38.3. The normalized spacial score (nSPS) is 10.2. The van der Waals surface area contributed by atoms with Crippen LogP contribution in [0, 0.1) is 0 Å². The first-order valence-corrected chi connectivity index (χ1v) is 10.8. The lowest BCUT2D eigenvalue weighted by atomic mass is 10.3. The Balaban J connectivity index is 1.77. The van der Waals surface area contributed by atoms with Gasteiger partial charge in [-0.15, -0.1) is 11.8 Å². The van der Waals surface area contributed by atoms with Crippen molar-refractivity contribution < 1.29 is 23.9 Å². The second kappa shape index (κ2) is 12.5. The Morgan fingerprint density at radius 1 is 0.903 bits per heavy atom. The molecule has 0 heterocycles. The molecule has 0 saturated heterocycles. The number of likely N-dealkylation sites (N-methyl/N-ethyl adjacent to an activating group) is 1. The van der Waals surface area contributed by atoms with Gasteiger partial charge < -0.3 is 25.0 Å². The zero-order valence-electron chi connectivity index (χ0n) is 17.8. The molecule has 0 aromatic heterocycles. The van der Waals surface area contributed by atoms with Gasteiger partial charge in [-0.2, -0.15) is 0 Å². The summed E-state index contributed by atoms with van der Waals surface area (Å²) in [5, 5.41) is 5.52. The summed E-state index contributed by atoms with van der Waals surface area (Å²) in [5.74, 6) is 0.743. The predicted octanol–water partition coefficient (Wildman–Crippen LogP) is 2.86. The quantitative estimate of drug-likeness (QED) is 0.552. The Hall–Kier alpha value is -3.20. The zero-order chi connectivity index (χ0) is 22.6. The monoisotopic (exact) mass is 445 g/mol. The number of amides is 3. The van der Waals surface area contributed by atoms with E-state index in [0.29, 0.717) is 29.4 Å². The SMILES string of the molecule is CCN(CC(=O)Nc1ccccc1OC)C(=O)CSCC(=O)Nc1ccc(OC)cc1. The lowest BCUT2D eigenvalue weighted by Gasteiger charge is -2.20. The summed E-state index contributed by atoms with van der Waals surface area (Å²) >= 11 is 1.20. The molecule has 0 aliphatic carbocycles. The number of methoxy groups -OCH3 is 2. The number of nitrogens with zero attached hydrogens (tertiary/aromatic N) is 1. The number of carbonyl (C=O) groups is 3. The molecule has 0 saturated carbocycles. The smallest absolute Gasteiger partial charge is 0.244 e. The van der Waals surface area contributed by atoms with Crippen molar-refractivity contribution >= 4 is 40.9 Å². The molecule has 0 aliphatic rings. The van der Waals surface area contributed by atoms with Crippen LogP contribution >= 0.6 is 11.8 Å². The van der Waals surface area contributed by atoms with Crippen LogP contribution in [0.5, 0.6) is 11.5 Å². The summed E-state index contributed by atoms with van der Waals surface area (Å²) in [5.41, 5.74) is 1.20. The van der Waals surface area contributed by atoms with Crippen LogP contribution in [-0.2, 0) is 14.4 Å². The fourth-order valence-corrected chi connectivity index (χ4v) is 3.40.